The molecule has 1 aromatic carbocycles. The van der Waals surface area contributed by atoms with Crippen LogP contribution in [0.5, 0.6) is 11.5 Å². The third-order valence-electron chi connectivity index (χ3n) is 5.67. The SMILES string of the molecule is CCN(CC)C(=O)CN(C)CC(=O)N1CCN(S(=O)(=O)c2ccc3c(c2)OCCO3)CC1. The number of amides is 2. The molecular formula is C21H32N4O6S. The summed E-state index contributed by atoms with van der Waals surface area (Å²) >= 11 is 0. The molecule has 1 fully saturated rings. The number of ether oxygens (including phenoxy) is 2. The number of benzene rings is 1. The van der Waals surface area contributed by atoms with Crippen molar-refractivity contribution in [3.05, 3.63) is 18.2 Å². The molecule has 11 heteroatoms. The Hall–Kier alpha value is -2.37. The average molecular weight is 469 g/mol. The Morgan fingerprint density at radius 1 is 0.969 bits per heavy atom. The lowest BCUT2D eigenvalue weighted by Gasteiger charge is -2.35. The number of carbonyl (C=O) groups is 2. The van der Waals surface area contributed by atoms with Crippen LogP contribution < -0.4 is 9.47 Å². The van der Waals surface area contributed by atoms with Gasteiger partial charge in [-0.1, -0.05) is 0 Å². The highest BCUT2D eigenvalue weighted by Gasteiger charge is 2.31. The Kier molecular flexibility index (Phi) is 7.96. The predicted molar refractivity (Wildman–Crippen MR) is 118 cm³/mol. The van der Waals surface area contributed by atoms with Gasteiger partial charge in [0.1, 0.15) is 13.2 Å². The Morgan fingerprint density at radius 3 is 2.22 bits per heavy atom. The highest BCUT2D eigenvalue weighted by Crippen LogP contribution is 2.33. The van der Waals surface area contributed by atoms with Crippen molar-refractivity contribution in [1.29, 1.82) is 0 Å². The molecule has 0 saturated carbocycles. The quantitative estimate of drug-likeness (QED) is 0.533. The fourth-order valence-corrected chi connectivity index (χ4v) is 5.24. The second-order valence-corrected chi connectivity index (χ2v) is 9.77. The maximum Gasteiger partial charge on any atom is 0.243 e. The number of hydrogen-bond donors (Lipinski definition) is 0. The maximum absolute atomic E-state index is 13.0. The molecule has 0 unspecified atom stereocenters. The van der Waals surface area contributed by atoms with Crippen molar-refractivity contribution in [2.24, 2.45) is 0 Å². The number of nitrogens with zero attached hydrogens (tertiary/aromatic N) is 4. The Bertz CT molecular complexity index is 926. The summed E-state index contributed by atoms with van der Waals surface area (Å²) in [5.41, 5.74) is 0. The van der Waals surface area contributed by atoms with E-state index in [-0.39, 0.29) is 42.9 Å². The highest BCUT2D eigenvalue weighted by atomic mass is 32.2. The fraction of sp³-hybridized carbons (Fsp3) is 0.619. The summed E-state index contributed by atoms with van der Waals surface area (Å²) in [5, 5.41) is 0. The first-order valence-corrected chi connectivity index (χ1v) is 12.3. The first-order valence-electron chi connectivity index (χ1n) is 10.9. The molecule has 0 bridgehead atoms. The van der Waals surface area contributed by atoms with Crippen molar-refractivity contribution < 1.29 is 27.5 Å². The summed E-state index contributed by atoms with van der Waals surface area (Å²) < 4.78 is 38.4. The molecule has 2 aliphatic heterocycles. The summed E-state index contributed by atoms with van der Waals surface area (Å²) in [5.74, 6) is 0.833. The normalized spacial score (nSPS) is 16.8. The van der Waals surface area contributed by atoms with Crippen LogP contribution in [0.2, 0.25) is 0 Å². The topological polar surface area (TPSA) is 99.7 Å². The minimum atomic E-state index is -3.70. The molecular weight excluding hydrogens is 436 g/mol. The van der Waals surface area contributed by atoms with Crippen LogP contribution in [-0.2, 0) is 19.6 Å². The largest absolute Gasteiger partial charge is 0.486 e. The van der Waals surface area contributed by atoms with E-state index in [1.54, 1.807) is 27.8 Å². The molecule has 32 heavy (non-hydrogen) atoms. The van der Waals surface area contributed by atoms with E-state index < -0.39 is 10.0 Å². The second-order valence-electron chi connectivity index (χ2n) is 7.83. The lowest BCUT2D eigenvalue weighted by molar-refractivity contribution is -0.135. The molecule has 1 aromatic rings. The molecule has 10 nitrogen and oxygen atoms in total. The van der Waals surface area contributed by atoms with E-state index in [1.807, 2.05) is 13.8 Å². The fourth-order valence-electron chi connectivity index (χ4n) is 3.81. The number of piperazine rings is 1. The van der Waals surface area contributed by atoms with E-state index in [1.165, 1.54) is 16.4 Å². The van der Waals surface area contributed by atoms with Gasteiger partial charge in [-0.15, -0.1) is 0 Å². The van der Waals surface area contributed by atoms with Gasteiger partial charge in [0.25, 0.3) is 0 Å². The van der Waals surface area contributed by atoms with Crippen molar-refractivity contribution >= 4 is 21.8 Å². The van der Waals surface area contributed by atoms with Crippen LogP contribution in [0.3, 0.4) is 0 Å². The van der Waals surface area contributed by atoms with Crippen LogP contribution in [-0.4, -0.2) is 112 Å². The summed E-state index contributed by atoms with van der Waals surface area (Å²) in [7, 11) is -1.96. The molecule has 0 radical (unpaired) electrons. The van der Waals surface area contributed by atoms with Crippen molar-refractivity contribution in [1.82, 2.24) is 19.0 Å². The van der Waals surface area contributed by atoms with Crippen LogP contribution in [0.25, 0.3) is 0 Å². The number of hydrogen-bond acceptors (Lipinski definition) is 7. The summed E-state index contributed by atoms with van der Waals surface area (Å²) in [6, 6.07) is 4.61. The first kappa shape index (κ1) is 24.3. The second kappa shape index (κ2) is 10.5. The van der Waals surface area contributed by atoms with Gasteiger partial charge in [0.2, 0.25) is 21.8 Å². The zero-order valence-electron chi connectivity index (χ0n) is 18.9. The van der Waals surface area contributed by atoms with Crippen molar-refractivity contribution in [3.63, 3.8) is 0 Å². The molecule has 1 saturated heterocycles. The Balaban J connectivity index is 1.54. The van der Waals surface area contributed by atoms with E-state index in [4.69, 9.17) is 9.47 Å². The molecule has 0 aromatic heterocycles. The van der Waals surface area contributed by atoms with Gasteiger partial charge in [-0.3, -0.25) is 14.5 Å². The molecule has 2 aliphatic rings. The molecule has 0 atom stereocenters. The van der Waals surface area contributed by atoms with Crippen molar-refractivity contribution in [3.8, 4) is 11.5 Å². The first-order chi connectivity index (χ1) is 15.3. The molecule has 0 aliphatic carbocycles. The Labute approximate surface area is 189 Å². The summed E-state index contributed by atoms with van der Waals surface area (Å²) in [6.45, 7) is 7.26. The van der Waals surface area contributed by atoms with E-state index in [0.717, 1.165) is 0 Å². The molecule has 0 spiro atoms. The minimum absolute atomic E-state index is 0.0133. The number of fused-ring (bicyclic) bond motifs is 1. The third kappa shape index (κ3) is 5.51. The lowest BCUT2D eigenvalue weighted by atomic mass is 10.3. The molecule has 2 heterocycles. The monoisotopic (exact) mass is 468 g/mol. The van der Waals surface area contributed by atoms with Crippen LogP contribution in [0.4, 0.5) is 0 Å². The zero-order chi connectivity index (χ0) is 23.3. The lowest BCUT2D eigenvalue weighted by Crippen LogP contribution is -2.52. The van der Waals surface area contributed by atoms with Gasteiger partial charge in [0.15, 0.2) is 11.5 Å². The van der Waals surface area contributed by atoms with E-state index >= 15 is 0 Å². The highest BCUT2D eigenvalue weighted by molar-refractivity contribution is 7.89. The molecule has 178 valence electrons. The number of carbonyl (C=O) groups excluding carboxylic acids is 2. The summed E-state index contributed by atoms with van der Waals surface area (Å²) in [6.07, 6.45) is 0. The van der Waals surface area contributed by atoms with Gasteiger partial charge >= 0.3 is 0 Å². The third-order valence-corrected chi connectivity index (χ3v) is 7.56. The van der Waals surface area contributed by atoms with Crippen LogP contribution in [0.1, 0.15) is 13.8 Å². The van der Waals surface area contributed by atoms with Gasteiger partial charge in [0.05, 0.1) is 18.0 Å². The molecule has 2 amide bonds. The number of likely N-dealkylation sites (N-methyl/N-ethyl adjacent to an activating group) is 2. The number of sulfonamides is 1. The van der Waals surface area contributed by atoms with E-state index in [0.29, 0.717) is 50.9 Å². The van der Waals surface area contributed by atoms with Gasteiger partial charge in [-0.25, -0.2) is 8.42 Å². The Morgan fingerprint density at radius 2 is 1.59 bits per heavy atom. The predicted octanol–water partition coefficient (Wildman–Crippen LogP) is 0.0909. The van der Waals surface area contributed by atoms with Crippen molar-refractivity contribution in [2.45, 2.75) is 18.7 Å². The van der Waals surface area contributed by atoms with Crippen molar-refractivity contribution in [2.75, 3.05) is 72.6 Å². The van der Waals surface area contributed by atoms with Gasteiger partial charge in [-0.2, -0.15) is 4.31 Å². The smallest absolute Gasteiger partial charge is 0.243 e. The zero-order valence-corrected chi connectivity index (χ0v) is 19.8. The van der Waals surface area contributed by atoms with E-state index in [9.17, 15) is 18.0 Å². The van der Waals surface area contributed by atoms with Crippen LogP contribution >= 0.6 is 0 Å². The number of rotatable bonds is 8. The van der Waals surface area contributed by atoms with E-state index in [2.05, 4.69) is 0 Å². The average Bonchev–Trinajstić information content (AvgIpc) is 2.79. The van der Waals surface area contributed by atoms with Crippen LogP contribution in [0.15, 0.2) is 23.1 Å². The standard InChI is InChI=1S/C21H32N4O6S/c1-4-23(5-2)20(26)15-22(3)16-21(27)24-8-10-25(11-9-24)32(28,29)17-6-7-18-19(14-17)31-13-12-30-18/h6-7,14H,4-5,8-13,15-16H2,1-3H3. The minimum Gasteiger partial charge on any atom is -0.486 e. The van der Waals surface area contributed by atoms with Crippen LogP contribution in [0, 0.1) is 0 Å². The molecule has 3 rings (SSSR count). The van der Waals surface area contributed by atoms with Gasteiger partial charge in [0, 0.05) is 45.3 Å². The maximum atomic E-state index is 13.0. The molecule has 0 N–H and O–H groups in total. The van der Waals surface area contributed by atoms with Gasteiger partial charge in [-0.05, 0) is 33.0 Å². The van der Waals surface area contributed by atoms with Gasteiger partial charge < -0.3 is 19.3 Å². The summed E-state index contributed by atoms with van der Waals surface area (Å²) in [4.78, 5) is 30.1.